The lowest BCUT2D eigenvalue weighted by Gasteiger charge is -2.37. The predicted octanol–water partition coefficient (Wildman–Crippen LogP) is 2.85. The Hall–Kier alpha value is -1.52. The van der Waals surface area contributed by atoms with Gasteiger partial charge in [-0.05, 0) is 26.7 Å². The van der Waals surface area contributed by atoms with Crippen molar-refractivity contribution in [2.45, 2.75) is 71.0 Å². The summed E-state index contributed by atoms with van der Waals surface area (Å²) in [5, 5.41) is 4.31. The fourth-order valence-corrected chi connectivity index (χ4v) is 3.54. The van der Waals surface area contributed by atoms with Crippen LogP contribution in [0.15, 0.2) is 6.20 Å². The molecule has 1 aromatic rings. The van der Waals surface area contributed by atoms with E-state index in [1.807, 2.05) is 4.68 Å². The van der Waals surface area contributed by atoms with Gasteiger partial charge in [-0.15, -0.1) is 0 Å². The molecular formula is C16H25N3O2. The van der Waals surface area contributed by atoms with Gasteiger partial charge in [0.1, 0.15) is 5.56 Å². The minimum atomic E-state index is 0.0834. The van der Waals surface area contributed by atoms with E-state index in [0.717, 1.165) is 25.8 Å². The minimum Gasteiger partial charge on any atom is -0.477 e. The fourth-order valence-electron chi connectivity index (χ4n) is 3.54. The lowest BCUT2D eigenvalue weighted by molar-refractivity contribution is 0.0549. The van der Waals surface area contributed by atoms with Crippen molar-refractivity contribution in [3.8, 4) is 5.88 Å². The average molecular weight is 291 g/mol. The Balaban J connectivity index is 1.85. The molecule has 21 heavy (non-hydrogen) atoms. The van der Waals surface area contributed by atoms with E-state index in [1.165, 1.54) is 19.3 Å². The number of nitrogens with zero attached hydrogens (tertiary/aromatic N) is 3. The van der Waals surface area contributed by atoms with Crippen LogP contribution in [-0.2, 0) is 6.54 Å². The number of carbonyl (C=O) groups is 1. The van der Waals surface area contributed by atoms with Gasteiger partial charge in [-0.25, -0.2) is 4.68 Å². The third kappa shape index (κ3) is 2.78. The Morgan fingerprint density at radius 1 is 1.33 bits per heavy atom. The van der Waals surface area contributed by atoms with E-state index in [0.29, 0.717) is 24.1 Å². The molecule has 0 radical (unpaired) electrons. The van der Waals surface area contributed by atoms with Crippen molar-refractivity contribution in [2.75, 3.05) is 6.61 Å². The summed E-state index contributed by atoms with van der Waals surface area (Å²) in [7, 11) is 0. The second kappa shape index (κ2) is 6.08. The predicted molar refractivity (Wildman–Crippen MR) is 80.5 cm³/mol. The van der Waals surface area contributed by atoms with Gasteiger partial charge >= 0.3 is 0 Å². The van der Waals surface area contributed by atoms with Crippen LogP contribution in [0.5, 0.6) is 5.88 Å². The summed E-state index contributed by atoms with van der Waals surface area (Å²) in [6.45, 7) is 5.72. The standard InChI is InChI=1S/C16H25N3O2/c1-12(2)19(13-7-4-3-5-8-13)15(20)14-11-17-18-9-6-10-21-16(14)18/h11-13H,3-10H2,1-2H3. The molecule has 1 saturated carbocycles. The Morgan fingerprint density at radius 2 is 2.10 bits per heavy atom. The van der Waals surface area contributed by atoms with E-state index in [2.05, 4.69) is 23.8 Å². The molecule has 0 unspecified atom stereocenters. The molecule has 1 amide bonds. The number of aryl methyl sites for hydroxylation is 1. The van der Waals surface area contributed by atoms with Crippen LogP contribution >= 0.6 is 0 Å². The number of fused-ring (bicyclic) bond motifs is 1. The Morgan fingerprint density at radius 3 is 2.81 bits per heavy atom. The summed E-state index contributed by atoms with van der Waals surface area (Å²) in [5.74, 6) is 0.743. The summed E-state index contributed by atoms with van der Waals surface area (Å²) in [6, 6.07) is 0.574. The van der Waals surface area contributed by atoms with Gasteiger partial charge in [-0.1, -0.05) is 19.3 Å². The summed E-state index contributed by atoms with van der Waals surface area (Å²) in [5.41, 5.74) is 0.633. The van der Waals surface area contributed by atoms with Gasteiger partial charge in [0.25, 0.3) is 5.91 Å². The highest BCUT2D eigenvalue weighted by Gasteiger charge is 2.32. The van der Waals surface area contributed by atoms with Crippen LogP contribution in [0.2, 0.25) is 0 Å². The zero-order valence-corrected chi connectivity index (χ0v) is 13.0. The van der Waals surface area contributed by atoms with E-state index in [4.69, 9.17) is 4.74 Å². The molecule has 2 aliphatic rings. The molecule has 1 fully saturated rings. The normalized spacial score (nSPS) is 19.2. The molecule has 1 aliphatic carbocycles. The van der Waals surface area contributed by atoms with Crippen molar-refractivity contribution in [1.29, 1.82) is 0 Å². The molecule has 5 nitrogen and oxygen atoms in total. The zero-order valence-electron chi connectivity index (χ0n) is 13.0. The zero-order chi connectivity index (χ0) is 14.8. The minimum absolute atomic E-state index is 0.0834. The third-order valence-electron chi connectivity index (χ3n) is 4.53. The number of rotatable bonds is 3. The van der Waals surface area contributed by atoms with Gasteiger partial charge in [0, 0.05) is 25.0 Å². The van der Waals surface area contributed by atoms with Crippen molar-refractivity contribution in [3.05, 3.63) is 11.8 Å². The maximum atomic E-state index is 13.0. The molecule has 5 heteroatoms. The van der Waals surface area contributed by atoms with Crippen LogP contribution in [0.1, 0.15) is 62.7 Å². The van der Waals surface area contributed by atoms with Gasteiger partial charge in [0.15, 0.2) is 0 Å². The maximum absolute atomic E-state index is 13.0. The molecule has 1 aliphatic heterocycles. The Labute approximate surface area is 126 Å². The van der Waals surface area contributed by atoms with Gasteiger partial charge < -0.3 is 9.64 Å². The van der Waals surface area contributed by atoms with Crippen molar-refractivity contribution < 1.29 is 9.53 Å². The summed E-state index contributed by atoms with van der Waals surface area (Å²) in [4.78, 5) is 15.1. The number of hydrogen-bond donors (Lipinski definition) is 0. The highest BCUT2D eigenvalue weighted by Crippen LogP contribution is 2.29. The average Bonchev–Trinajstić information content (AvgIpc) is 2.92. The molecule has 3 rings (SSSR count). The van der Waals surface area contributed by atoms with E-state index in [-0.39, 0.29) is 11.9 Å². The second-order valence-corrected chi connectivity index (χ2v) is 6.39. The van der Waals surface area contributed by atoms with Crippen LogP contribution in [0, 0.1) is 0 Å². The lowest BCUT2D eigenvalue weighted by atomic mass is 9.93. The maximum Gasteiger partial charge on any atom is 0.261 e. The quantitative estimate of drug-likeness (QED) is 0.860. The fraction of sp³-hybridized carbons (Fsp3) is 0.750. The highest BCUT2D eigenvalue weighted by atomic mass is 16.5. The van der Waals surface area contributed by atoms with E-state index in [9.17, 15) is 4.79 Å². The molecule has 0 spiro atoms. The smallest absolute Gasteiger partial charge is 0.261 e. The van der Waals surface area contributed by atoms with Crippen molar-refractivity contribution in [1.82, 2.24) is 14.7 Å². The van der Waals surface area contributed by atoms with Crippen LogP contribution in [0.3, 0.4) is 0 Å². The Bertz CT molecular complexity index is 504. The molecule has 0 atom stereocenters. The topological polar surface area (TPSA) is 47.4 Å². The van der Waals surface area contributed by atoms with E-state index >= 15 is 0 Å². The van der Waals surface area contributed by atoms with Crippen LogP contribution < -0.4 is 4.74 Å². The summed E-state index contributed by atoms with van der Waals surface area (Å²) >= 11 is 0. The molecule has 2 heterocycles. The summed E-state index contributed by atoms with van der Waals surface area (Å²) < 4.78 is 7.50. The summed E-state index contributed by atoms with van der Waals surface area (Å²) in [6.07, 6.45) is 8.62. The molecule has 0 N–H and O–H groups in total. The van der Waals surface area contributed by atoms with Gasteiger partial charge in [0.05, 0.1) is 12.8 Å². The number of amides is 1. The lowest BCUT2D eigenvalue weighted by Crippen LogP contribution is -2.45. The largest absolute Gasteiger partial charge is 0.477 e. The van der Waals surface area contributed by atoms with E-state index < -0.39 is 0 Å². The number of aromatic nitrogens is 2. The van der Waals surface area contributed by atoms with Crippen LogP contribution in [0.25, 0.3) is 0 Å². The first-order chi connectivity index (χ1) is 10.2. The molecule has 0 bridgehead atoms. The van der Waals surface area contributed by atoms with Gasteiger partial charge in [0.2, 0.25) is 5.88 Å². The van der Waals surface area contributed by atoms with Crippen molar-refractivity contribution in [3.63, 3.8) is 0 Å². The highest BCUT2D eigenvalue weighted by molar-refractivity contribution is 5.96. The van der Waals surface area contributed by atoms with Gasteiger partial charge in [-0.3, -0.25) is 4.79 Å². The number of ether oxygens (including phenoxy) is 1. The molecule has 0 saturated heterocycles. The second-order valence-electron chi connectivity index (χ2n) is 6.39. The van der Waals surface area contributed by atoms with Crippen molar-refractivity contribution >= 4 is 5.91 Å². The van der Waals surface area contributed by atoms with E-state index in [1.54, 1.807) is 6.20 Å². The van der Waals surface area contributed by atoms with Gasteiger partial charge in [-0.2, -0.15) is 5.10 Å². The first kappa shape index (κ1) is 14.4. The third-order valence-corrected chi connectivity index (χ3v) is 4.53. The first-order valence-corrected chi connectivity index (χ1v) is 8.19. The molecule has 1 aromatic heterocycles. The molecule has 116 valence electrons. The van der Waals surface area contributed by atoms with Crippen molar-refractivity contribution in [2.24, 2.45) is 0 Å². The number of carbonyl (C=O) groups excluding carboxylic acids is 1. The van der Waals surface area contributed by atoms with Crippen LogP contribution in [-0.4, -0.2) is 39.3 Å². The molecular weight excluding hydrogens is 266 g/mol. The number of hydrogen-bond acceptors (Lipinski definition) is 3. The Kier molecular flexibility index (Phi) is 4.17. The SMILES string of the molecule is CC(C)N(C(=O)c1cnn2c1OCCC2)C1CCCCC1. The monoisotopic (exact) mass is 291 g/mol. The molecule has 0 aromatic carbocycles. The van der Waals surface area contributed by atoms with Crippen LogP contribution in [0.4, 0.5) is 0 Å². The first-order valence-electron chi connectivity index (χ1n) is 8.19.